The number of carbonyl (C=O) groups excluding carboxylic acids is 2. The minimum Gasteiger partial charge on any atom is -0.452 e. The number of sulfone groups is 1. The summed E-state index contributed by atoms with van der Waals surface area (Å²) in [6.07, 6.45) is 0.347. The van der Waals surface area contributed by atoms with E-state index in [1.807, 2.05) is 30.3 Å². The van der Waals surface area contributed by atoms with Crippen molar-refractivity contribution in [2.75, 3.05) is 18.1 Å². The number of ether oxygens (including phenoxy) is 1. The zero-order valence-electron chi connectivity index (χ0n) is 16.8. The fraction of sp³-hybridized carbons (Fsp3) is 0.450. The van der Waals surface area contributed by atoms with Gasteiger partial charge in [0.1, 0.15) is 5.56 Å². The predicted octanol–water partition coefficient (Wildman–Crippen LogP) is 1.40. The highest BCUT2D eigenvalue weighted by atomic mass is 32.2. The summed E-state index contributed by atoms with van der Waals surface area (Å²) in [6.45, 7) is 5.23. The molecule has 0 unspecified atom stereocenters. The van der Waals surface area contributed by atoms with E-state index in [2.05, 4.69) is 10.4 Å². The van der Waals surface area contributed by atoms with Gasteiger partial charge in [-0.15, -0.1) is 0 Å². The van der Waals surface area contributed by atoms with Gasteiger partial charge in [0.2, 0.25) is 0 Å². The van der Waals surface area contributed by atoms with Crippen LogP contribution in [0.3, 0.4) is 0 Å². The van der Waals surface area contributed by atoms with E-state index >= 15 is 0 Å². The van der Waals surface area contributed by atoms with E-state index in [1.54, 1.807) is 25.5 Å². The van der Waals surface area contributed by atoms with Gasteiger partial charge in [-0.1, -0.05) is 30.3 Å². The number of nitrogens with zero attached hydrogens (tertiary/aromatic N) is 2. The Morgan fingerprint density at radius 2 is 1.93 bits per heavy atom. The minimum atomic E-state index is -3.14. The monoisotopic (exact) mass is 419 g/mol. The zero-order chi connectivity index (χ0) is 21.2. The van der Waals surface area contributed by atoms with Crippen molar-refractivity contribution in [3.63, 3.8) is 0 Å². The van der Waals surface area contributed by atoms with Gasteiger partial charge in [0.15, 0.2) is 16.4 Å². The number of nitrogens with one attached hydrogen (secondary N) is 1. The lowest BCUT2D eigenvalue weighted by Gasteiger charge is -2.23. The lowest BCUT2D eigenvalue weighted by Crippen LogP contribution is -2.48. The molecule has 0 aliphatic carbocycles. The molecule has 2 heterocycles. The number of esters is 1. The van der Waals surface area contributed by atoms with Gasteiger partial charge in [-0.25, -0.2) is 13.2 Å². The van der Waals surface area contributed by atoms with Crippen molar-refractivity contribution in [1.29, 1.82) is 0 Å². The highest BCUT2D eigenvalue weighted by Gasteiger charge is 2.39. The van der Waals surface area contributed by atoms with E-state index in [0.29, 0.717) is 29.9 Å². The Morgan fingerprint density at radius 3 is 2.55 bits per heavy atom. The Bertz CT molecular complexity index is 1030. The van der Waals surface area contributed by atoms with E-state index in [-0.39, 0.29) is 11.5 Å². The molecule has 1 aromatic heterocycles. The van der Waals surface area contributed by atoms with Gasteiger partial charge >= 0.3 is 5.97 Å². The Balaban J connectivity index is 1.61. The van der Waals surface area contributed by atoms with Crippen molar-refractivity contribution in [1.82, 2.24) is 15.1 Å². The molecule has 9 heteroatoms. The summed E-state index contributed by atoms with van der Waals surface area (Å²) in [4.78, 5) is 24.7. The maximum absolute atomic E-state index is 12.5. The van der Waals surface area contributed by atoms with Crippen LogP contribution in [0.15, 0.2) is 30.3 Å². The largest absolute Gasteiger partial charge is 0.452 e. The third-order valence-corrected chi connectivity index (χ3v) is 6.94. The lowest BCUT2D eigenvalue weighted by atomic mass is 10.0. The molecule has 1 amide bonds. The van der Waals surface area contributed by atoms with Gasteiger partial charge in [0.05, 0.1) is 35.0 Å². The highest BCUT2D eigenvalue weighted by molar-refractivity contribution is 7.91. The van der Waals surface area contributed by atoms with Crippen LogP contribution < -0.4 is 5.32 Å². The SMILES string of the molecule is Cc1nn(Cc2ccccc2)c(C)c1C(=O)OCC(=O)N[C@]1(C)CCS(=O)(=O)C1. The van der Waals surface area contributed by atoms with E-state index < -0.39 is 33.9 Å². The molecule has 0 saturated carbocycles. The Labute approximate surface area is 170 Å². The van der Waals surface area contributed by atoms with E-state index in [1.165, 1.54) is 0 Å². The molecule has 1 aliphatic rings. The van der Waals surface area contributed by atoms with Gasteiger partial charge in [-0.2, -0.15) is 5.10 Å². The first-order valence-electron chi connectivity index (χ1n) is 9.35. The van der Waals surface area contributed by atoms with Gasteiger partial charge < -0.3 is 10.1 Å². The van der Waals surface area contributed by atoms with Gasteiger partial charge in [0.25, 0.3) is 5.91 Å². The summed E-state index contributed by atoms with van der Waals surface area (Å²) in [5.74, 6) is -1.21. The average Bonchev–Trinajstić information content (AvgIpc) is 3.08. The van der Waals surface area contributed by atoms with Crippen LogP contribution in [0, 0.1) is 13.8 Å². The smallest absolute Gasteiger partial charge is 0.342 e. The van der Waals surface area contributed by atoms with Crippen LogP contribution in [0.4, 0.5) is 0 Å². The summed E-state index contributed by atoms with van der Waals surface area (Å²) >= 11 is 0. The minimum absolute atomic E-state index is 0.0442. The molecule has 0 radical (unpaired) electrons. The van der Waals surface area contributed by atoms with Crippen LogP contribution >= 0.6 is 0 Å². The molecule has 0 spiro atoms. The summed E-state index contributed by atoms with van der Waals surface area (Å²) in [7, 11) is -3.14. The second-order valence-corrected chi connectivity index (χ2v) is 9.90. The number of aryl methyl sites for hydroxylation is 1. The molecular formula is C20H25N3O5S. The Kier molecular flexibility index (Phi) is 5.79. The third kappa shape index (κ3) is 5.03. The summed E-state index contributed by atoms with van der Waals surface area (Å²) in [5, 5.41) is 7.08. The fourth-order valence-corrected chi connectivity index (χ4v) is 5.68. The van der Waals surface area contributed by atoms with Crippen LogP contribution in [0.25, 0.3) is 0 Å². The Morgan fingerprint density at radius 1 is 1.24 bits per heavy atom. The maximum atomic E-state index is 12.5. The number of hydrogen-bond donors (Lipinski definition) is 1. The van der Waals surface area contributed by atoms with Crippen LogP contribution in [-0.4, -0.2) is 53.7 Å². The molecule has 1 N–H and O–H groups in total. The average molecular weight is 420 g/mol. The van der Waals surface area contributed by atoms with Crippen LogP contribution in [0.2, 0.25) is 0 Å². The molecule has 3 rings (SSSR count). The van der Waals surface area contributed by atoms with Crippen molar-refractivity contribution >= 4 is 21.7 Å². The van der Waals surface area contributed by atoms with Crippen molar-refractivity contribution in [3.05, 3.63) is 52.8 Å². The first-order valence-corrected chi connectivity index (χ1v) is 11.2. The normalized spacial score (nSPS) is 20.4. The second-order valence-electron chi connectivity index (χ2n) is 7.72. The van der Waals surface area contributed by atoms with Crippen molar-refractivity contribution in [2.45, 2.75) is 39.3 Å². The number of amides is 1. The number of carbonyl (C=O) groups is 2. The zero-order valence-corrected chi connectivity index (χ0v) is 17.6. The molecule has 29 heavy (non-hydrogen) atoms. The molecule has 1 aromatic carbocycles. The number of aromatic nitrogens is 2. The molecular weight excluding hydrogens is 394 g/mol. The molecule has 8 nitrogen and oxygen atoms in total. The number of rotatable bonds is 6. The third-order valence-electron chi connectivity index (χ3n) is 5.04. The molecule has 2 aromatic rings. The summed E-state index contributed by atoms with van der Waals surface area (Å²) < 4.78 is 30.2. The van der Waals surface area contributed by atoms with E-state index in [9.17, 15) is 18.0 Å². The van der Waals surface area contributed by atoms with Crippen LogP contribution in [0.1, 0.15) is 40.7 Å². The molecule has 0 bridgehead atoms. The second kappa shape index (κ2) is 7.98. The number of benzene rings is 1. The fourth-order valence-electron chi connectivity index (χ4n) is 3.59. The van der Waals surface area contributed by atoms with Gasteiger partial charge in [0, 0.05) is 0 Å². The van der Waals surface area contributed by atoms with Crippen molar-refractivity contribution < 1.29 is 22.7 Å². The van der Waals surface area contributed by atoms with Crippen molar-refractivity contribution in [3.8, 4) is 0 Å². The lowest BCUT2D eigenvalue weighted by molar-refractivity contribution is -0.125. The maximum Gasteiger partial charge on any atom is 0.342 e. The van der Waals surface area contributed by atoms with E-state index in [0.717, 1.165) is 5.56 Å². The Hall–Kier alpha value is -2.68. The van der Waals surface area contributed by atoms with Gasteiger partial charge in [-0.05, 0) is 32.8 Å². The summed E-state index contributed by atoms with van der Waals surface area (Å²) in [6, 6.07) is 9.75. The van der Waals surface area contributed by atoms with Crippen LogP contribution in [-0.2, 0) is 25.9 Å². The summed E-state index contributed by atoms with van der Waals surface area (Å²) in [5.41, 5.74) is 1.75. The molecule has 1 aliphatic heterocycles. The molecule has 1 fully saturated rings. The topological polar surface area (TPSA) is 107 Å². The van der Waals surface area contributed by atoms with E-state index in [4.69, 9.17) is 4.74 Å². The predicted molar refractivity (Wildman–Crippen MR) is 107 cm³/mol. The molecule has 156 valence electrons. The quantitative estimate of drug-likeness (QED) is 0.709. The first-order chi connectivity index (χ1) is 13.6. The first kappa shape index (κ1) is 21.0. The van der Waals surface area contributed by atoms with Crippen molar-refractivity contribution in [2.24, 2.45) is 0 Å². The molecule has 1 atom stereocenters. The van der Waals surface area contributed by atoms with Crippen LogP contribution in [0.5, 0.6) is 0 Å². The van der Waals surface area contributed by atoms with Gasteiger partial charge in [-0.3, -0.25) is 9.48 Å². The highest BCUT2D eigenvalue weighted by Crippen LogP contribution is 2.22. The number of hydrogen-bond acceptors (Lipinski definition) is 6. The molecule has 1 saturated heterocycles. The standard InChI is InChI=1S/C20H25N3O5S/c1-14-18(15(2)23(22-14)11-16-7-5-4-6-8-16)19(25)28-12-17(24)21-20(3)9-10-29(26,27)13-20/h4-8H,9-13H2,1-3H3,(H,21,24)/t20-/m1/s1.